The molecule has 0 aliphatic heterocycles. The highest BCUT2D eigenvalue weighted by molar-refractivity contribution is 7.90. The molecule has 0 spiro atoms. The number of carbonyl (C=O) groups excluding carboxylic acids is 1. The summed E-state index contributed by atoms with van der Waals surface area (Å²) in [7, 11) is -4.14. The minimum absolute atomic E-state index is 0.0354. The monoisotopic (exact) mass is 488 g/mol. The lowest BCUT2D eigenvalue weighted by Gasteiger charge is -2.28. The Morgan fingerprint density at radius 2 is 1.94 bits per heavy atom. The van der Waals surface area contributed by atoms with Crippen LogP contribution in [0.2, 0.25) is 0 Å². The summed E-state index contributed by atoms with van der Waals surface area (Å²) in [6.07, 6.45) is -4.34. The number of hydrogen-bond acceptors (Lipinski definition) is 7. The van der Waals surface area contributed by atoms with Gasteiger partial charge in [-0.3, -0.25) is 10.1 Å². The summed E-state index contributed by atoms with van der Waals surface area (Å²) in [4.78, 5) is 12.8. The van der Waals surface area contributed by atoms with Crippen molar-refractivity contribution in [1.29, 1.82) is 5.26 Å². The number of carbonyl (C=O) groups is 1. The molecule has 0 unspecified atom stereocenters. The van der Waals surface area contributed by atoms with E-state index in [1.807, 2.05) is 6.07 Å². The van der Waals surface area contributed by atoms with Gasteiger partial charge < -0.3 is 9.84 Å². The average molecular weight is 488 g/mol. The van der Waals surface area contributed by atoms with Crippen LogP contribution >= 0.6 is 0 Å². The number of nitrogens with one attached hydrogen (secondary N) is 2. The highest BCUT2D eigenvalue weighted by Gasteiger charge is 2.48. The number of hydrogen-bond donors (Lipinski definition) is 2. The van der Waals surface area contributed by atoms with Crippen molar-refractivity contribution in [3.63, 3.8) is 0 Å². The number of sulfone groups is 1. The van der Waals surface area contributed by atoms with E-state index in [1.165, 1.54) is 13.0 Å². The molecule has 33 heavy (non-hydrogen) atoms. The van der Waals surface area contributed by atoms with E-state index in [0.717, 1.165) is 24.3 Å². The van der Waals surface area contributed by atoms with Crippen LogP contribution in [-0.4, -0.2) is 43.0 Å². The quantitative estimate of drug-likeness (QED) is 0.520. The highest BCUT2D eigenvalue weighted by atomic mass is 32.2. The van der Waals surface area contributed by atoms with Crippen molar-refractivity contribution in [1.82, 2.24) is 15.8 Å². The summed E-state index contributed by atoms with van der Waals surface area (Å²) in [5.74, 6) is -3.15. The summed E-state index contributed by atoms with van der Waals surface area (Å²) in [6.45, 7) is 1.54. The van der Waals surface area contributed by atoms with Gasteiger partial charge in [0.25, 0.3) is 0 Å². The molecule has 0 radical (unpaired) electrons. The average Bonchev–Trinajstić information content (AvgIpc) is 3.37. The van der Waals surface area contributed by atoms with Gasteiger partial charge >= 0.3 is 6.18 Å². The van der Waals surface area contributed by atoms with Gasteiger partial charge in [-0.05, 0) is 37.5 Å². The topological polar surface area (TPSA) is 125 Å². The fourth-order valence-electron chi connectivity index (χ4n) is 3.17. The predicted molar refractivity (Wildman–Crippen MR) is 107 cm³/mol. The summed E-state index contributed by atoms with van der Waals surface area (Å²) in [5, 5.41) is 17.1. The Bertz CT molecular complexity index is 1150. The standard InChI is InChI=1S/C20H20F4N4O4S/c1-12-8-15(28-32-12)9-33(30,31)10-16(18(29)27-19(11-25)6-7-19)26-17(20(22,23)24)13-2-4-14(21)5-3-13/h2-5,8,16-17,26H,6-7,9-10H2,1H3,(H,27,29)/t16-,17-/m0/s1. The van der Waals surface area contributed by atoms with Gasteiger partial charge in [0.1, 0.15) is 29.2 Å². The normalized spacial score (nSPS) is 17.1. The first kappa shape index (κ1) is 24.7. The SMILES string of the molecule is Cc1cc(CS(=O)(=O)C[C@H](N[C@@H](c2ccc(F)cc2)C(F)(F)F)C(=O)NC2(C#N)CC2)no1. The second-order valence-electron chi connectivity index (χ2n) is 7.91. The number of alkyl halides is 3. The lowest BCUT2D eigenvalue weighted by molar-refractivity contribution is -0.160. The minimum Gasteiger partial charge on any atom is -0.361 e. The summed E-state index contributed by atoms with van der Waals surface area (Å²) in [6, 6.07) is 2.33. The molecule has 2 aromatic rings. The van der Waals surface area contributed by atoms with Crippen LogP contribution < -0.4 is 10.6 Å². The second-order valence-corrected chi connectivity index (χ2v) is 10.0. The van der Waals surface area contributed by atoms with E-state index in [4.69, 9.17) is 4.52 Å². The van der Waals surface area contributed by atoms with E-state index >= 15 is 0 Å². The van der Waals surface area contributed by atoms with Crippen LogP contribution in [0, 0.1) is 24.1 Å². The van der Waals surface area contributed by atoms with E-state index in [-0.39, 0.29) is 5.69 Å². The van der Waals surface area contributed by atoms with Gasteiger partial charge in [-0.15, -0.1) is 0 Å². The van der Waals surface area contributed by atoms with Crippen molar-refractivity contribution in [3.8, 4) is 6.07 Å². The maximum atomic E-state index is 13.8. The molecule has 1 fully saturated rings. The molecule has 2 atom stereocenters. The van der Waals surface area contributed by atoms with Gasteiger partial charge in [0.15, 0.2) is 9.84 Å². The van der Waals surface area contributed by atoms with Crippen LogP contribution in [0.15, 0.2) is 34.9 Å². The first-order valence-corrected chi connectivity index (χ1v) is 11.6. The van der Waals surface area contributed by atoms with Gasteiger partial charge in [-0.2, -0.15) is 18.4 Å². The molecule has 3 rings (SSSR count). The molecule has 1 aromatic carbocycles. The van der Waals surface area contributed by atoms with Crippen LogP contribution in [0.5, 0.6) is 0 Å². The Morgan fingerprint density at radius 3 is 2.42 bits per heavy atom. The Labute approximate surface area is 186 Å². The lowest BCUT2D eigenvalue weighted by atomic mass is 10.0. The molecule has 1 amide bonds. The zero-order valence-electron chi connectivity index (χ0n) is 17.3. The fourth-order valence-corrected chi connectivity index (χ4v) is 4.63. The van der Waals surface area contributed by atoms with Crippen molar-refractivity contribution in [2.45, 2.75) is 49.3 Å². The molecule has 1 aliphatic rings. The Hall–Kier alpha value is -2.98. The van der Waals surface area contributed by atoms with Crippen molar-refractivity contribution < 1.29 is 35.3 Å². The van der Waals surface area contributed by atoms with Crippen molar-refractivity contribution in [3.05, 3.63) is 53.2 Å². The number of halogens is 4. The smallest absolute Gasteiger partial charge is 0.361 e. The molecule has 8 nitrogen and oxygen atoms in total. The third-order valence-electron chi connectivity index (χ3n) is 5.01. The predicted octanol–water partition coefficient (Wildman–Crippen LogP) is 2.47. The summed E-state index contributed by atoms with van der Waals surface area (Å²) >= 11 is 0. The molecule has 13 heteroatoms. The lowest BCUT2D eigenvalue weighted by Crippen LogP contribution is -2.54. The van der Waals surface area contributed by atoms with E-state index < -0.39 is 62.4 Å². The molecule has 1 heterocycles. The zero-order valence-corrected chi connectivity index (χ0v) is 18.1. The number of nitriles is 1. The van der Waals surface area contributed by atoms with E-state index in [1.54, 1.807) is 0 Å². The molecule has 178 valence electrons. The fraction of sp³-hybridized carbons (Fsp3) is 0.450. The van der Waals surface area contributed by atoms with Crippen molar-refractivity contribution >= 4 is 15.7 Å². The molecule has 1 saturated carbocycles. The van der Waals surface area contributed by atoms with Crippen LogP contribution in [-0.2, 0) is 20.4 Å². The summed E-state index contributed by atoms with van der Waals surface area (Å²) < 4.78 is 84.8. The van der Waals surface area contributed by atoms with Crippen LogP contribution in [0.3, 0.4) is 0 Å². The molecule has 1 aromatic heterocycles. The number of aromatic nitrogens is 1. The Balaban J connectivity index is 1.88. The molecular weight excluding hydrogens is 468 g/mol. The van der Waals surface area contributed by atoms with E-state index in [2.05, 4.69) is 15.8 Å². The Morgan fingerprint density at radius 1 is 1.30 bits per heavy atom. The zero-order chi connectivity index (χ0) is 24.4. The maximum absolute atomic E-state index is 13.8. The van der Waals surface area contributed by atoms with Gasteiger partial charge in [0.2, 0.25) is 5.91 Å². The van der Waals surface area contributed by atoms with Crippen molar-refractivity contribution in [2.75, 3.05) is 5.75 Å². The second kappa shape index (κ2) is 9.11. The third kappa shape index (κ3) is 6.52. The first-order valence-electron chi connectivity index (χ1n) is 9.77. The van der Waals surface area contributed by atoms with Crippen molar-refractivity contribution in [2.24, 2.45) is 0 Å². The van der Waals surface area contributed by atoms with E-state index in [9.17, 15) is 36.0 Å². The number of rotatable bonds is 9. The molecule has 1 aliphatic carbocycles. The number of amides is 1. The molecular formula is C20H20F4N4O4S. The highest BCUT2D eigenvalue weighted by Crippen LogP contribution is 2.35. The summed E-state index contributed by atoms with van der Waals surface area (Å²) in [5.41, 5.74) is -1.60. The van der Waals surface area contributed by atoms with Crippen LogP contribution in [0.1, 0.15) is 35.9 Å². The third-order valence-corrected chi connectivity index (χ3v) is 6.58. The van der Waals surface area contributed by atoms with Gasteiger partial charge in [0.05, 0.1) is 23.3 Å². The largest absolute Gasteiger partial charge is 0.407 e. The molecule has 0 bridgehead atoms. The van der Waals surface area contributed by atoms with E-state index in [0.29, 0.717) is 18.6 Å². The van der Waals surface area contributed by atoms with Crippen LogP contribution in [0.4, 0.5) is 17.6 Å². The van der Waals surface area contributed by atoms with Gasteiger partial charge in [-0.25, -0.2) is 12.8 Å². The number of benzene rings is 1. The van der Waals surface area contributed by atoms with Crippen LogP contribution in [0.25, 0.3) is 0 Å². The number of nitrogens with zero attached hydrogens (tertiary/aromatic N) is 2. The Kier molecular flexibility index (Phi) is 6.80. The van der Waals surface area contributed by atoms with Gasteiger partial charge in [-0.1, -0.05) is 17.3 Å². The maximum Gasteiger partial charge on any atom is 0.407 e. The molecule has 2 N–H and O–H groups in total. The number of aryl methyl sites for hydroxylation is 1. The minimum atomic E-state index is -4.93. The van der Waals surface area contributed by atoms with Gasteiger partial charge in [0, 0.05) is 6.07 Å². The first-order chi connectivity index (χ1) is 15.3. The molecule has 0 saturated heterocycles.